The molecule has 3 heterocycles. The fourth-order valence-electron chi connectivity index (χ4n) is 3.37. The lowest BCUT2D eigenvalue weighted by Gasteiger charge is -2.36. The van der Waals surface area contributed by atoms with Crippen molar-refractivity contribution in [3.8, 4) is 0 Å². The maximum Gasteiger partial charge on any atom is 0.241 e. The zero-order chi connectivity index (χ0) is 18.4. The second kappa shape index (κ2) is 11.0. The van der Waals surface area contributed by atoms with Crippen molar-refractivity contribution in [2.75, 3.05) is 57.8 Å². The minimum atomic E-state index is 0. The van der Waals surface area contributed by atoms with Gasteiger partial charge in [0, 0.05) is 64.3 Å². The molecule has 27 heavy (non-hydrogen) atoms. The zero-order valence-electron chi connectivity index (χ0n) is 16.2. The molecule has 1 N–H and O–H groups in total. The van der Waals surface area contributed by atoms with Crippen LogP contribution in [0.4, 0.5) is 5.13 Å². The summed E-state index contributed by atoms with van der Waals surface area (Å²) in [7, 11) is 1.78. The second-order valence-electron chi connectivity index (χ2n) is 6.66. The SMILES string of the molecule is CCc1nsc(N2CCN(C(=NC)NCC(=O)N3CCCCC3)CC2)n1.I. The van der Waals surface area contributed by atoms with Gasteiger partial charge in [-0.1, -0.05) is 6.92 Å². The number of amides is 1. The Labute approximate surface area is 182 Å². The van der Waals surface area contributed by atoms with E-state index in [1.807, 2.05) is 4.90 Å². The quantitative estimate of drug-likeness (QED) is 0.378. The zero-order valence-corrected chi connectivity index (χ0v) is 19.3. The minimum Gasteiger partial charge on any atom is -0.347 e. The van der Waals surface area contributed by atoms with E-state index in [-0.39, 0.29) is 29.9 Å². The molecular formula is C17H30IN7OS. The monoisotopic (exact) mass is 507 g/mol. The first-order valence-electron chi connectivity index (χ1n) is 9.52. The lowest BCUT2D eigenvalue weighted by Crippen LogP contribution is -2.54. The van der Waals surface area contributed by atoms with Crippen molar-refractivity contribution >= 4 is 52.5 Å². The van der Waals surface area contributed by atoms with Gasteiger partial charge in [0.2, 0.25) is 11.0 Å². The van der Waals surface area contributed by atoms with Crippen LogP contribution in [0.25, 0.3) is 0 Å². The molecule has 0 radical (unpaired) electrons. The number of aryl methyl sites for hydroxylation is 1. The van der Waals surface area contributed by atoms with E-state index in [4.69, 9.17) is 0 Å². The number of piperazine rings is 1. The van der Waals surface area contributed by atoms with Gasteiger partial charge in [0.25, 0.3) is 0 Å². The number of carbonyl (C=O) groups is 1. The standard InChI is InChI=1S/C17H29N7OS.HI/c1-3-14-20-17(26-21-14)24-11-9-23(10-12-24)16(18-2)19-13-15(25)22-7-5-4-6-8-22;/h3-13H2,1-2H3,(H,18,19);1H. The maximum atomic E-state index is 12.3. The van der Waals surface area contributed by atoms with Crippen LogP contribution in [0.3, 0.4) is 0 Å². The number of halogens is 1. The summed E-state index contributed by atoms with van der Waals surface area (Å²) in [4.78, 5) is 27.7. The van der Waals surface area contributed by atoms with Gasteiger partial charge in [-0.2, -0.15) is 4.37 Å². The van der Waals surface area contributed by atoms with Gasteiger partial charge in [0.05, 0.1) is 6.54 Å². The number of likely N-dealkylation sites (tertiary alicyclic amines) is 1. The molecule has 2 aliphatic rings. The summed E-state index contributed by atoms with van der Waals surface area (Å²) in [6.45, 7) is 7.67. The molecular weight excluding hydrogens is 477 g/mol. The molecule has 0 saturated carbocycles. The summed E-state index contributed by atoms with van der Waals surface area (Å²) in [5.41, 5.74) is 0. The van der Waals surface area contributed by atoms with E-state index < -0.39 is 0 Å². The third-order valence-electron chi connectivity index (χ3n) is 4.94. The maximum absolute atomic E-state index is 12.3. The van der Waals surface area contributed by atoms with Crippen molar-refractivity contribution in [3.63, 3.8) is 0 Å². The summed E-state index contributed by atoms with van der Waals surface area (Å²) in [6, 6.07) is 0. The Bertz CT molecular complexity index is 625. The topological polar surface area (TPSA) is 77.0 Å². The summed E-state index contributed by atoms with van der Waals surface area (Å²) >= 11 is 1.48. The van der Waals surface area contributed by atoms with Crippen molar-refractivity contribution in [1.29, 1.82) is 0 Å². The van der Waals surface area contributed by atoms with Crippen LogP contribution in [0.15, 0.2) is 4.99 Å². The predicted molar refractivity (Wildman–Crippen MR) is 120 cm³/mol. The molecule has 1 aromatic heterocycles. The van der Waals surface area contributed by atoms with E-state index in [2.05, 4.69) is 36.4 Å². The Morgan fingerprint density at radius 2 is 1.81 bits per heavy atom. The van der Waals surface area contributed by atoms with Crippen LogP contribution in [0.5, 0.6) is 0 Å². The number of aliphatic imine (C=N–C) groups is 1. The number of nitrogens with zero attached hydrogens (tertiary/aromatic N) is 6. The molecule has 0 spiro atoms. The first-order valence-corrected chi connectivity index (χ1v) is 10.3. The summed E-state index contributed by atoms with van der Waals surface area (Å²) in [5, 5.41) is 4.25. The summed E-state index contributed by atoms with van der Waals surface area (Å²) in [5.74, 6) is 1.90. The Kier molecular flexibility index (Phi) is 9.00. The number of nitrogens with one attached hydrogen (secondary N) is 1. The van der Waals surface area contributed by atoms with Crippen LogP contribution < -0.4 is 10.2 Å². The van der Waals surface area contributed by atoms with Gasteiger partial charge >= 0.3 is 0 Å². The molecule has 0 atom stereocenters. The fourth-order valence-corrected chi connectivity index (χ4v) is 4.17. The molecule has 8 nitrogen and oxygen atoms in total. The number of rotatable bonds is 4. The number of hydrogen-bond acceptors (Lipinski definition) is 6. The van der Waals surface area contributed by atoms with Crippen molar-refractivity contribution in [3.05, 3.63) is 5.82 Å². The van der Waals surface area contributed by atoms with E-state index in [1.165, 1.54) is 18.0 Å². The van der Waals surface area contributed by atoms with Crippen LogP contribution in [-0.2, 0) is 11.2 Å². The smallest absolute Gasteiger partial charge is 0.241 e. The molecule has 0 bridgehead atoms. The van der Waals surface area contributed by atoms with Gasteiger partial charge < -0.3 is 20.0 Å². The highest BCUT2D eigenvalue weighted by Gasteiger charge is 2.23. The number of piperidine rings is 1. The lowest BCUT2D eigenvalue weighted by molar-refractivity contribution is -0.130. The molecule has 0 unspecified atom stereocenters. The van der Waals surface area contributed by atoms with Crippen molar-refractivity contribution in [1.82, 2.24) is 24.5 Å². The number of anilines is 1. The van der Waals surface area contributed by atoms with Crippen molar-refractivity contribution < 1.29 is 4.79 Å². The number of carbonyl (C=O) groups excluding carboxylic acids is 1. The third kappa shape index (κ3) is 5.90. The fraction of sp³-hybridized carbons (Fsp3) is 0.765. The highest BCUT2D eigenvalue weighted by Crippen LogP contribution is 2.19. The third-order valence-corrected chi connectivity index (χ3v) is 5.76. The summed E-state index contributed by atoms with van der Waals surface area (Å²) in [6.07, 6.45) is 4.34. The molecule has 10 heteroatoms. The normalized spacial score (nSPS) is 18.3. The minimum absolute atomic E-state index is 0. The van der Waals surface area contributed by atoms with Crippen LogP contribution >= 0.6 is 35.5 Å². The average molecular weight is 507 g/mol. The van der Waals surface area contributed by atoms with Crippen LogP contribution in [0.2, 0.25) is 0 Å². The van der Waals surface area contributed by atoms with Crippen molar-refractivity contribution in [2.24, 2.45) is 4.99 Å². The molecule has 1 amide bonds. The lowest BCUT2D eigenvalue weighted by atomic mass is 10.1. The van der Waals surface area contributed by atoms with Gasteiger partial charge in [-0.3, -0.25) is 9.79 Å². The first kappa shape index (κ1) is 22.1. The van der Waals surface area contributed by atoms with Gasteiger partial charge in [0.1, 0.15) is 5.82 Å². The Morgan fingerprint density at radius 1 is 1.11 bits per heavy atom. The molecule has 2 aliphatic heterocycles. The molecule has 2 fully saturated rings. The molecule has 2 saturated heterocycles. The first-order chi connectivity index (χ1) is 12.7. The van der Waals surface area contributed by atoms with Crippen molar-refractivity contribution in [2.45, 2.75) is 32.6 Å². The van der Waals surface area contributed by atoms with Crippen LogP contribution in [0.1, 0.15) is 32.0 Å². The van der Waals surface area contributed by atoms with E-state index in [9.17, 15) is 4.79 Å². The molecule has 3 rings (SSSR count). The number of hydrogen-bond donors (Lipinski definition) is 1. The average Bonchev–Trinajstić information content (AvgIpc) is 3.19. The van der Waals surface area contributed by atoms with Gasteiger partial charge in [-0.15, -0.1) is 24.0 Å². The molecule has 152 valence electrons. The van der Waals surface area contributed by atoms with Gasteiger partial charge in [0.15, 0.2) is 5.96 Å². The highest BCUT2D eigenvalue weighted by atomic mass is 127. The number of guanidine groups is 1. The molecule has 0 aliphatic carbocycles. The van der Waals surface area contributed by atoms with Crippen LogP contribution in [-0.4, -0.2) is 83.9 Å². The number of aromatic nitrogens is 2. The summed E-state index contributed by atoms with van der Waals surface area (Å²) < 4.78 is 4.37. The highest BCUT2D eigenvalue weighted by molar-refractivity contribution is 14.0. The Balaban J connectivity index is 0.00000261. The molecule has 1 aromatic rings. The van der Waals surface area contributed by atoms with Crippen LogP contribution in [0, 0.1) is 0 Å². The second-order valence-corrected chi connectivity index (χ2v) is 7.39. The molecule has 0 aromatic carbocycles. The van der Waals surface area contributed by atoms with E-state index in [0.717, 1.165) is 75.4 Å². The van der Waals surface area contributed by atoms with E-state index in [1.54, 1.807) is 7.05 Å². The van der Waals surface area contributed by atoms with Gasteiger partial charge in [-0.05, 0) is 19.3 Å². The predicted octanol–water partition coefficient (Wildman–Crippen LogP) is 1.43. The Hall–Kier alpha value is -1.17. The van der Waals surface area contributed by atoms with E-state index >= 15 is 0 Å². The Morgan fingerprint density at radius 3 is 2.41 bits per heavy atom. The van der Waals surface area contributed by atoms with E-state index in [0.29, 0.717) is 6.54 Å². The van der Waals surface area contributed by atoms with Gasteiger partial charge in [-0.25, -0.2) is 4.98 Å². The largest absolute Gasteiger partial charge is 0.347 e.